The lowest BCUT2D eigenvalue weighted by molar-refractivity contribution is 0.143. The largest absolute Gasteiger partial charge is 0.322 e. The lowest BCUT2D eigenvalue weighted by Gasteiger charge is -2.39. The Morgan fingerprint density at radius 1 is 1.29 bits per heavy atom. The van der Waals surface area contributed by atoms with E-state index < -0.39 is 0 Å². The molecule has 3 rings (SSSR count). The summed E-state index contributed by atoms with van der Waals surface area (Å²) in [5.41, 5.74) is 0.517. The minimum absolute atomic E-state index is 0.112. The molecular formula is C16H22FN3O. The molecule has 2 unspecified atom stereocenters. The van der Waals surface area contributed by atoms with Gasteiger partial charge in [0, 0.05) is 24.3 Å². The molecule has 0 spiro atoms. The average Bonchev–Trinajstić information content (AvgIpc) is 3.01. The van der Waals surface area contributed by atoms with Crippen LogP contribution in [0.1, 0.15) is 32.1 Å². The normalized spacial score (nSPS) is 25.9. The van der Waals surface area contributed by atoms with Crippen LogP contribution in [0.15, 0.2) is 24.3 Å². The van der Waals surface area contributed by atoms with Gasteiger partial charge in [0.15, 0.2) is 0 Å². The maximum atomic E-state index is 13.2. The predicted molar refractivity (Wildman–Crippen MR) is 80.8 cm³/mol. The molecule has 2 fully saturated rings. The highest BCUT2D eigenvalue weighted by molar-refractivity contribution is 5.89. The Kier molecular flexibility index (Phi) is 4.39. The fraction of sp³-hybridized carbons (Fsp3) is 0.562. The highest BCUT2D eigenvalue weighted by Crippen LogP contribution is 2.25. The molecule has 114 valence electrons. The third kappa shape index (κ3) is 3.35. The second kappa shape index (κ2) is 6.43. The maximum Gasteiger partial charge on any atom is 0.322 e. The third-order valence-electron chi connectivity index (χ3n) is 4.45. The zero-order valence-corrected chi connectivity index (χ0v) is 12.1. The second-order valence-electron chi connectivity index (χ2n) is 5.90. The van der Waals surface area contributed by atoms with E-state index >= 15 is 0 Å². The Morgan fingerprint density at radius 3 is 2.95 bits per heavy atom. The number of hydrogen-bond acceptors (Lipinski definition) is 2. The number of nitrogens with zero attached hydrogens (tertiary/aromatic N) is 1. The van der Waals surface area contributed by atoms with E-state index in [2.05, 4.69) is 10.6 Å². The number of amides is 2. The minimum Gasteiger partial charge on any atom is -0.320 e. The highest BCUT2D eigenvalue weighted by Gasteiger charge is 2.34. The van der Waals surface area contributed by atoms with Crippen molar-refractivity contribution in [2.24, 2.45) is 0 Å². The molecule has 0 radical (unpaired) electrons. The fourth-order valence-electron chi connectivity index (χ4n) is 3.43. The number of rotatable bonds is 2. The first kappa shape index (κ1) is 14.3. The average molecular weight is 291 g/mol. The number of piperidine rings is 1. The predicted octanol–water partition coefficient (Wildman–Crippen LogP) is 2.96. The molecule has 0 aromatic heterocycles. The molecule has 0 aliphatic carbocycles. The summed E-state index contributed by atoms with van der Waals surface area (Å²) < 4.78 is 13.2. The van der Waals surface area contributed by atoms with Crippen LogP contribution in [0.5, 0.6) is 0 Å². The van der Waals surface area contributed by atoms with Gasteiger partial charge in [-0.3, -0.25) is 0 Å². The first-order valence-electron chi connectivity index (χ1n) is 7.80. The monoisotopic (exact) mass is 291 g/mol. The first-order chi connectivity index (χ1) is 10.2. The van der Waals surface area contributed by atoms with Gasteiger partial charge in [-0.25, -0.2) is 9.18 Å². The van der Waals surface area contributed by atoms with Crippen molar-refractivity contribution in [2.75, 3.05) is 18.4 Å². The van der Waals surface area contributed by atoms with E-state index in [-0.39, 0.29) is 17.9 Å². The number of hydrogen-bond donors (Lipinski definition) is 2. The molecule has 1 aromatic rings. The summed E-state index contributed by atoms with van der Waals surface area (Å²) in [6.07, 6.45) is 5.58. The molecule has 4 nitrogen and oxygen atoms in total. The lowest BCUT2D eigenvalue weighted by atomic mass is 9.95. The smallest absolute Gasteiger partial charge is 0.320 e. The molecule has 2 N–H and O–H groups in total. The van der Waals surface area contributed by atoms with E-state index in [9.17, 15) is 9.18 Å². The van der Waals surface area contributed by atoms with Gasteiger partial charge >= 0.3 is 6.03 Å². The van der Waals surface area contributed by atoms with Crippen LogP contribution < -0.4 is 10.6 Å². The van der Waals surface area contributed by atoms with Crippen molar-refractivity contribution in [1.29, 1.82) is 0 Å². The maximum absolute atomic E-state index is 13.2. The van der Waals surface area contributed by atoms with Crippen LogP contribution in [0.4, 0.5) is 14.9 Å². The van der Waals surface area contributed by atoms with Crippen LogP contribution in [-0.2, 0) is 0 Å². The molecule has 21 heavy (non-hydrogen) atoms. The van der Waals surface area contributed by atoms with E-state index in [1.54, 1.807) is 12.1 Å². The molecule has 5 heteroatoms. The minimum atomic E-state index is -0.333. The highest BCUT2D eigenvalue weighted by atomic mass is 19.1. The standard InChI is InChI=1S/C16H22FN3O/c17-12-5-3-6-13(11-12)19-16(21)20-10-2-1-8-15(20)14-7-4-9-18-14/h3,5-6,11,14-15,18H,1-2,4,7-10H2,(H,19,21). The number of urea groups is 1. The van der Waals surface area contributed by atoms with Crippen LogP contribution in [0.3, 0.4) is 0 Å². The van der Waals surface area contributed by atoms with E-state index in [1.165, 1.54) is 25.0 Å². The van der Waals surface area contributed by atoms with Crippen molar-refractivity contribution in [3.05, 3.63) is 30.1 Å². The van der Waals surface area contributed by atoms with Gasteiger partial charge < -0.3 is 15.5 Å². The molecule has 1 aromatic carbocycles. The van der Waals surface area contributed by atoms with Crippen LogP contribution in [0.25, 0.3) is 0 Å². The van der Waals surface area contributed by atoms with Gasteiger partial charge in [-0.05, 0) is 56.8 Å². The Bertz CT molecular complexity index is 502. The lowest BCUT2D eigenvalue weighted by Crippen LogP contribution is -2.53. The van der Waals surface area contributed by atoms with Crippen molar-refractivity contribution in [3.8, 4) is 0 Å². The molecule has 2 atom stereocenters. The van der Waals surface area contributed by atoms with E-state index in [1.807, 2.05) is 4.90 Å². The summed E-state index contributed by atoms with van der Waals surface area (Å²) in [6, 6.07) is 6.61. The van der Waals surface area contributed by atoms with E-state index in [0.29, 0.717) is 11.7 Å². The van der Waals surface area contributed by atoms with Crippen molar-refractivity contribution in [3.63, 3.8) is 0 Å². The summed E-state index contributed by atoms with van der Waals surface area (Å²) in [6.45, 7) is 1.82. The second-order valence-corrected chi connectivity index (χ2v) is 5.90. The first-order valence-corrected chi connectivity index (χ1v) is 7.80. The SMILES string of the molecule is O=C(Nc1cccc(F)c1)N1CCCCC1C1CCCN1. The quantitative estimate of drug-likeness (QED) is 0.880. The Morgan fingerprint density at radius 2 is 2.19 bits per heavy atom. The zero-order valence-electron chi connectivity index (χ0n) is 12.1. The van der Waals surface area contributed by atoms with E-state index in [0.717, 1.165) is 32.4 Å². The van der Waals surface area contributed by atoms with Crippen LogP contribution in [-0.4, -0.2) is 36.1 Å². The topological polar surface area (TPSA) is 44.4 Å². The Labute approximate surface area is 124 Å². The number of nitrogens with one attached hydrogen (secondary N) is 2. The third-order valence-corrected chi connectivity index (χ3v) is 4.45. The van der Waals surface area contributed by atoms with Gasteiger partial charge in [0.05, 0.1) is 0 Å². The summed E-state index contributed by atoms with van der Waals surface area (Å²) in [4.78, 5) is 14.4. The molecular weight excluding hydrogens is 269 g/mol. The number of likely N-dealkylation sites (tertiary alicyclic amines) is 1. The number of halogens is 1. The van der Waals surface area contributed by atoms with Gasteiger partial charge in [-0.15, -0.1) is 0 Å². The van der Waals surface area contributed by atoms with Crippen molar-refractivity contribution in [1.82, 2.24) is 10.2 Å². The van der Waals surface area contributed by atoms with Crippen molar-refractivity contribution < 1.29 is 9.18 Å². The molecule has 2 aliphatic heterocycles. The summed E-state index contributed by atoms with van der Waals surface area (Å²) in [5, 5.41) is 6.33. The van der Waals surface area contributed by atoms with Gasteiger partial charge in [0.2, 0.25) is 0 Å². The summed E-state index contributed by atoms with van der Waals surface area (Å²) in [5.74, 6) is -0.333. The summed E-state index contributed by atoms with van der Waals surface area (Å²) >= 11 is 0. The number of benzene rings is 1. The van der Waals surface area contributed by atoms with Crippen LogP contribution in [0.2, 0.25) is 0 Å². The summed E-state index contributed by atoms with van der Waals surface area (Å²) in [7, 11) is 0. The molecule has 2 aliphatic rings. The van der Waals surface area contributed by atoms with E-state index in [4.69, 9.17) is 0 Å². The Balaban J connectivity index is 1.68. The molecule has 2 saturated heterocycles. The molecule has 0 bridgehead atoms. The molecule has 2 heterocycles. The van der Waals surface area contributed by atoms with Crippen LogP contribution in [0, 0.1) is 5.82 Å². The van der Waals surface area contributed by atoms with Gasteiger partial charge in [0.1, 0.15) is 5.82 Å². The fourth-order valence-corrected chi connectivity index (χ4v) is 3.43. The number of carbonyl (C=O) groups excluding carboxylic acids is 1. The van der Waals surface area contributed by atoms with Gasteiger partial charge in [-0.2, -0.15) is 0 Å². The molecule has 0 saturated carbocycles. The van der Waals surface area contributed by atoms with Crippen molar-refractivity contribution >= 4 is 11.7 Å². The van der Waals surface area contributed by atoms with Crippen molar-refractivity contribution in [2.45, 2.75) is 44.2 Å². The van der Waals surface area contributed by atoms with Gasteiger partial charge in [0.25, 0.3) is 0 Å². The van der Waals surface area contributed by atoms with Gasteiger partial charge in [-0.1, -0.05) is 6.07 Å². The Hall–Kier alpha value is -1.62. The zero-order chi connectivity index (χ0) is 14.7. The molecule has 2 amide bonds. The number of carbonyl (C=O) groups is 1. The van der Waals surface area contributed by atoms with Crippen LogP contribution >= 0.6 is 0 Å². The number of anilines is 1.